The first-order valence-corrected chi connectivity index (χ1v) is 7.82. The van der Waals surface area contributed by atoms with Gasteiger partial charge in [0.25, 0.3) is 0 Å². The maximum Gasteiger partial charge on any atom is 0.205 e. The Morgan fingerprint density at radius 2 is 1.88 bits per heavy atom. The lowest BCUT2D eigenvalue weighted by molar-refractivity contribution is 0.103. The van der Waals surface area contributed by atoms with Gasteiger partial charge in [-0.3, -0.25) is 4.79 Å². The molecule has 0 atom stereocenters. The lowest BCUT2D eigenvalue weighted by atomic mass is 10.1. The third kappa shape index (κ3) is 3.67. The maximum absolute atomic E-state index is 12.2. The minimum absolute atomic E-state index is 0.00199. The standard InChI is InChI=1S/C17H16N2O4S/c1-21-14-6-13(7-15(22-2)17(14)23-3)19-9-12(8-18)16(20)11-4-5-24-10-11/h4-7,9-10,19H,1-3H3. The highest BCUT2D eigenvalue weighted by molar-refractivity contribution is 7.08. The normalized spacial score (nSPS) is 10.7. The average molecular weight is 344 g/mol. The van der Waals surface area contributed by atoms with Crippen LogP contribution in [-0.2, 0) is 0 Å². The van der Waals surface area contributed by atoms with Crippen molar-refractivity contribution < 1.29 is 19.0 Å². The molecule has 0 spiro atoms. The SMILES string of the molecule is COc1cc(NC=C(C#N)C(=O)c2ccsc2)cc(OC)c1OC. The van der Waals surface area contributed by atoms with Crippen LogP contribution < -0.4 is 19.5 Å². The largest absolute Gasteiger partial charge is 0.493 e. The Balaban J connectivity index is 2.30. The Bertz CT molecular complexity index is 766. The Hall–Kier alpha value is -2.98. The number of ketones is 1. The van der Waals surface area contributed by atoms with Crippen molar-refractivity contribution >= 4 is 22.8 Å². The molecule has 0 saturated carbocycles. The van der Waals surface area contributed by atoms with Gasteiger partial charge in [-0.25, -0.2) is 0 Å². The number of nitriles is 1. The number of carbonyl (C=O) groups is 1. The minimum Gasteiger partial charge on any atom is -0.493 e. The van der Waals surface area contributed by atoms with Crippen LogP contribution in [0.5, 0.6) is 17.2 Å². The molecule has 0 saturated heterocycles. The van der Waals surface area contributed by atoms with Crippen LogP contribution in [0.25, 0.3) is 0 Å². The summed E-state index contributed by atoms with van der Waals surface area (Å²) in [6, 6.07) is 6.95. The Kier molecular flexibility index (Phi) is 5.82. The fourth-order valence-corrected chi connectivity index (χ4v) is 2.65. The van der Waals surface area contributed by atoms with E-state index in [1.54, 1.807) is 29.0 Å². The number of nitrogens with one attached hydrogen (secondary N) is 1. The summed E-state index contributed by atoms with van der Waals surface area (Å²) in [4.78, 5) is 12.2. The quantitative estimate of drug-likeness (QED) is 0.470. The van der Waals surface area contributed by atoms with Crippen molar-refractivity contribution in [2.24, 2.45) is 0 Å². The molecule has 2 rings (SSSR count). The Labute approximate surface area is 143 Å². The highest BCUT2D eigenvalue weighted by Gasteiger charge is 2.14. The number of methoxy groups -OCH3 is 3. The third-order valence-electron chi connectivity index (χ3n) is 3.20. The van der Waals surface area contributed by atoms with Crippen molar-refractivity contribution in [3.05, 3.63) is 46.3 Å². The van der Waals surface area contributed by atoms with Crippen LogP contribution in [0.3, 0.4) is 0 Å². The van der Waals surface area contributed by atoms with E-state index in [1.165, 1.54) is 38.9 Å². The molecule has 0 radical (unpaired) electrons. The van der Waals surface area contributed by atoms with Crippen molar-refractivity contribution in [2.75, 3.05) is 26.6 Å². The molecule has 1 aromatic heterocycles. The number of thiophene rings is 1. The van der Waals surface area contributed by atoms with Crippen molar-refractivity contribution in [3.8, 4) is 23.3 Å². The van der Waals surface area contributed by atoms with E-state index in [-0.39, 0.29) is 11.4 Å². The monoisotopic (exact) mass is 344 g/mol. The first-order valence-electron chi connectivity index (χ1n) is 6.88. The van der Waals surface area contributed by atoms with Gasteiger partial charge in [0, 0.05) is 35.0 Å². The van der Waals surface area contributed by atoms with Crippen LogP contribution in [0.15, 0.2) is 40.7 Å². The molecule has 1 heterocycles. The highest BCUT2D eigenvalue weighted by atomic mass is 32.1. The number of Topliss-reactive ketones (excluding diaryl/α,β-unsaturated/α-hetero) is 1. The summed E-state index contributed by atoms with van der Waals surface area (Å²) in [5.41, 5.74) is 1.08. The summed E-state index contributed by atoms with van der Waals surface area (Å²) in [5.74, 6) is 1.06. The molecule has 0 unspecified atom stereocenters. The van der Waals surface area contributed by atoms with Gasteiger partial charge in [0.1, 0.15) is 11.6 Å². The van der Waals surface area contributed by atoms with Gasteiger partial charge in [0.05, 0.1) is 21.3 Å². The van der Waals surface area contributed by atoms with Gasteiger partial charge in [0.15, 0.2) is 11.5 Å². The minimum atomic E-state index is -0.335. The second-order valence-corrected chi connectivity index (χ2v) is 5.35. The van der Waals surface area contributed by atoms with Gasteiger partial charge in [-0.15, -0.1) is 0 Å². The molecule has 7 heteroatoms. The molecule has 124 valence electrons. The molecule has 2 aromatic rings. The molecule has 0 fully saturated rings. The molecule has 0 aliphatic rings. The maximum atomic E-state index is 12.2. The number of hydrogen-bond donors (Lipinski definition) is 1. The topological polar surface area (TPSA) is 80.6 Å². The van der Waals surface area contributed by atoms with Crippen molar-refractivity contribution in [1.29, 1.82) is 5.26 Å². The van der Waals surface area contributed by atoms with Crippen LogP contribution in [0.4, 0.5) is 5.69 Å². The molecule has 0 bridgehead atoms. The predicted molar refractivity (Wildman–Crippen MR) is 92.1 cm³/mol. The lowest BCUT2D eigenvalue weighted by Gasteiger charge is -2.14. The van der Waals surface area contributed by atoms with Crippen LogP contribution in [0, 0.1) is 11.3 Å². The number of rotatable bonds is 7. The van der Waals surface area contributed by atoms with Gasteiger partial charge < -0.3 is 19.5 Å². The fourth-order valence-electron chi connectivity index (χ4n) is 2.02. The first kappa shape index (κ1) is 17.4. The highest BCUT2D eigenvalue weighted by Crippen LogP contribution is 2.39. The molecular weight excluding hydrogens is 328 g/mol. The molecule has 0 aliphatic heterocycles. The second kappa shape index (κ2) is 8.04. The number of ether oxygens (including phenoxy) is 3. The van der Waals surface area contributed by atoms with Crippen molar-refractivity contribution in [2.45, 2.75) is 0 Å². The number of carbonyl (C=O) groups excluding carboxylic acids is 1. The number of nitrogens with zero attached hydrogens (tertiary/aromatic N) is 1. The molecule has 24 heavy (non-hydrogen) atoms. The number of benzene rings is 1. The number of hydrogen-bond acceptors (Lipinski definition) is 7. The lowest BCUT2D eigenvalue weighted by Crippen LogP contribution is -2.03. The van der Waals surface area contributed by atoms with E-state index in [1.807, 2.05) is 6.07 Å². The van der Waals surface area contributed by atoms with Crippen LogP contribution in [-0.4, -0.2) is 27.1 Å². The van der Waals surface area contributed by atoms with Crippen LogP contribution >= 0.6 is 11.3 Å². The summed E-state index contributed by atoms with van der Waals surface area (Å²) < 4.78 is 15.8. The zero-order chi connectivity index (χ0) is 17.5. The summed E-state index contributed by atoms with van der Waals surface area (Å²) in [6.07, 6.45) is 1.36. The van der Waals surface area contributed by atoms with Gasteiger partial charge in [-0.1, -0.05) is 0 Å². The van der Waals surface area contributed by atoms with E-state index < -0.39 is 0 Å². The molecule has 6 nitrogen and oxygen atoms in total. The van der Waals surface area contributed by atoms with E-state index in [0.29, 0.717) is 28.5 Å². The van der Waals surface area contributed by atoms with E-state index in [4.69, 9.17) is 14.2 Å². The molecule has 1 aromatic carbocycles. The van der Waals surface area contributed by atoms with Crippen molar-refractivity contribution in [3.63, 3.8) is 0 Å². The predicted octanol–water partition coefficient (Wildman–Crippen LogP) is 3.48. The fraction of sp³-hybridized carbons (Fsp3) is 0.176. The molecular formula is C17H16N2O4S. The number of anilines is 1. The Morgan fingerprint density at radius 1 is 1.21 bits per heavy atom. The molecule has 0 aliphatic carbocycles. The van der Waals surface area contributed by atoms with Crippen LogP contribution in [0.2, 0.25) is 0 Å². The molecule has 0 amide bonds. The number of allylic oxidation sites excluding steroid dienone is 1. The molecule has 1 N–H and O–H groups in total. The van der Waals surface area contributed by atoms with E-state index in [9.17, 15) is 10.1 Å². The van der Waals surface area contributed by atoms with E-state index in [0.717, 1.165) is 0 Å². The van der Waals surface area contributed by atoms with Crippen LogP contribution in [0.1, 0.15) is 10.4 Å². The van der Waals surface area contributed by atoms with Gasteiger partial charge in [-0.05, 0) is 11.4 Å². The third-order valence-corrected chi connectivity index (χ3v) is 3.88. The zero-order valence-electron chi connectivity index (χ0n) is 13.5. The first-order chi connectivity index (χ1) is 11.6. The summed E-state index contributed by atoms with van der Waals surface area (Å²) in [6.45, 7) is 0. The van der Waals surface area contributed by atoms with Gasteiger partial charge in [0.2, 0.25) is 11.5 Å². The summed E-state index contributed by atoms with van der Waals surface area (Å²) in [7, 11) is 4.54. The van der Waals surface area contributed by atoms with Gasteiger partial charge in [-0.2, -0.15) is 16.6 Å². The summed E-state index contributed by atoms with van der Waals surface area (Å²) >= 11 is 1.40. The van der Waals surface area contributed by atoms with E-state index in [2.05, 4.69) is 5.32 Å². The van der Waals surface area contributed by atoms with Gasteiger partial charge >= 0.3 is 0 Å². The average Bonchev–Trinajstić information content (AvgIpc) is 3.15. The second-order valence-electron chi connectivity index (χ2n) is 4.57. The smallest absolute Gasteiger partial charge is 0.205 e. The van der Waals surface area contributed by atoms with Crippen molar-refractivity contribution in [1.82, 2.24) is 0 Å². The zero-order valence-corrected chi connectivity index (χ0v) is 14.3. The summed E-state index contributed by atoms with van der Waals surface area (Å²) in [5, 5.41) is 15.6. The Morgan fingerprint density at radius 3 is 2.33 bits per heavy atom. The van der Waals surface area contributed by atoms with E-state index >= 15 is 0 Å².